The third-order valence-corrected chi connectivity index (χ3v) is 1.91. The van der Waals surface area contributed by atoms with Gasteiger partial charge in [0.05, 0.1) is 4.88 Å². The predicted molar refractivity (Wildman–Crippen MR) is 43.7 cm³/mol. The Hall–Kier alpha value is -1.11. The van der Waals surface area contributed by atoms with Crippen LogP contribution in [-0.4, -0.2) is 18.0 Å². The van der Waals surface area contributed by atoms with Gasteiger partial charge in [-0.2, -0.15) is 0 Å². The summed E-state index contributed by atoms with van der Waals surface area (Å²) in [5.41, 5.74) is 0.783. The molecule has 1 N–H and O–H groups in total. The number of hydrogen-bond acceptors (Lipinski definition) is 3. The maximum atomic E-state index is 10.2. The largest absolute Gasteiger partial charge is 0.384 e. The van der Waals surface area contributed by atoms with Crippen LogP contribution in [0.15, 0.2) is 11.4 Å². The molecule has 0 saturated heterocycles. The van der Waals surface area contributed by atoms with Gasteiger partial charge < -0.3 is 5.11 Å². The average molecular weight is 166 g/mol. The molecule has 1 heterocycles. The summed E-state index contributed by atoms with van der Waals surface area (Å²) in [6, 6.07) is 1.69. The smallest absolute Gasteiger partial charge is 0.160 e. The summed E-state index contributed by atoms with van der Waals surface area (Å²) in [5.74, 6) is 5.20. The lowest BCUT2D eigenvalue weighted by Crippen LogP contribution is -1.72. The van der Waals surface area contributed by atoms with Crippen molar-refractivity contribution in [3.05, 3.63) is 21.9 Å². The van der Waals surface area contributed by atoms with Crippen molar-refractivity contribution in [1.82, 2.24) is 0 Å². The van der Waals surface area contributed by atoms with Crippen molar-refractivity contribution in [1.29, 1.82) is 0 Å². The summed E-state index contributed by atoms with van der Waals surface area (Å²) < 4.78 is 0. The first-order chi connectivity index (χ1) is 5.36. The van der Waals surface area contributed by atoms with Crippen LogP contribution in [0.3, 0.4) is 0 Å². The van der Waals surface area contributed by atoms with Gasteiger partial charge in [0.2, 0.25) is 0 Å². The topological polar surface area (TPSA) is 37.3 Å². The Morgan fingerprint density at radius 2 is 2.55 bits per heavy atom. The van der Waals surface area contributed by atoms with E-state index in [1.165, 1.54) is 11.3 Å². The average Bonchev–Trinajstić information content (AvgIpc) is 2.48. The highest BCUT2D eigenvalue weighted by Gasteiger charge is 1.93. The van der Waals surface area contributed by atoms with Gasteiger partial charge in [-0.3, -0.25) is 4.79 Å². The van der Waals surface area contributed by atoms with Gasteiger partial charge in [0, 0.05) is 10.9 Å². The van der Waals surface area contributed by atoms with E-state index in [9.17, 15) is 4.79 Å². The normalized spacial score (nSPS) is 8.45. The van der Waals surface area contributed by atoms with Gasteiger partial charge in [-0.25, -0.2) is 0 Å². The van der Waals surface area contributed by atoms with Crippen LogP contribution >= 0.6 is 11.3 Å². The molecular weight excluding hydrogens is 160 g/mol. The van der Waals surface area contributed by atoms with Crippen LogP contribution in [0.5, 0.6) is 0 Å². The number of carbonyl (C=O) groups excluding carboxylic acids is 1. The molecule has 56 valence electrons. The molecule has 0 amide bonds. The molecule has 0 spiro atoms. The summed E-state index contributed by atoms with van der Waals surface area (Å²) in [4.78, 5) is 10.9. The lowest BCUT2D eigenvalue weighted by atomic mass is 10.3. The Labute approximate surface area is 68.5 Å². The second-order valence-electron chi connectivity index (χ2n) is 1.82. The van der Waals surface area contributed by atoms with E-state index in [1.54, 1.807) is 11.4 Å². The molecule has 11 heavy (non-hydrogen) atoms. The fraction of sp³-hybridized carbons (Fsp3) is 0.125. The fourth-order valence-corrected chi connectivity index (χ4v) is 1.26. The molecule has 0 aromatic carbocycles. The molecule has 0 bridgehead atoms. The highest BCUT2D eigenvalue weighted by Crippen LogP contribution is 2.10. The zero-order chi connectivity index (χ0) is 8.10. The van der Waals surface area contributed by atoms with Gasteiger partial charge in [-0.1, -0.05) is 11.8 Å². The number of aldehydes is 1. The number of aliphatic hydroxyl groups is 1. The molecule has 1 aromatic heterocycles. The molecule has 0 radical (unpaired) electrons. The SMILES string of the molecule is O=Cc1cc(C#CCO)cs1. The molecule has 3 heteroatoms. The van der Waals surface area contributed by atoms with Gasteiger partial charge in [0.25, 0.3) is 0 Å². The zero-order valence-electron chi connectivity index (χ0n) is 5.70. The molecular formula is C8H6O2S. The summed E-state index contributed by atoms with van der Waals surface area (Å²) >= 11 is 1.35. The van der Waals surface area contributed by atoms with Crippen molar-refractivity contribution in [2.75, 3.05) is 6.61 Å². The maximum absolute atomic E-state index is 10.2. The van der Waals surface area contributed by atoms with Crippen molar-refractivity contribution in [2.24, 2.45) is 0 Å². The standard InChI is InChI=1S/C8H6O2S/c9-3-1-2-7-4-8(5-10)11-6-7/h4-6,9H,3H2. The van der Waals surface area contributed by atoms with Crippen LogP contribution in [0, 0.1) is 11.8 Å². The lowest BCUT2D eigenvalue weighted by Gasteiger charge is -1.74. The second kappa shape index (κ2) is 3.91. The molecule has 0 aliphatic rings. The first-order valence-electron chi connectivity index (χ1n) is 3.00. The van der Waals surface area contributed by atoms with Crippen LogP contribution < -0.4 is 0 Å². The Morgan fingerprint density at radius 1 is 1.73 bits per heavy atom. The number of hydrogen-bond donors (Lipinski definition) is 1. The van der Waals surface area contributed by atoms with Gasteiger partial charge in [0.15, 0.2) is 6.29 Å². The molecule has 0 fully saturated rings. The summed E-state index contributed by atoms with van der Waals surface area (Å²) in [5, 5.41) is 10.1. The molecule has 0 aliphatic carbocycles. The van der Waals surface area contributed by atoms with Crippen molar-refractivity contribution in [2.45, 2.75) is 0 Å². The van der Waals surface area contributed by atoms with Crippen LogP contribution in [0.4, 0.5) is 0 Å². The van der Waals surface area contributed by atoms with E-state index < -0.39 is 0 Å². The van der Waals surface area contributed by atoms with Gasteiger partial charge >= 0.3 is 0 Å². The van der Waals surface area contributed by atoms with E-state index in [-0.39, 0.29) is 6.61 Å². The number of thiophene rings is 1. The van der Waals surface area contributed by atoms with Crippen molar-refractivity contribution in [3.8, 4) is 11.8 Å². The minimum atomic E-state index is -0.147. The first-order valence-corrected chi connectivity index (χ1v) is 3.88. The number of aliphatic hydroxyl groups excluding tert-OH is 1. The Morgan fingerprint density at radius 3 is 3.09 bits per heavy atom. The fourth-order valence-electron chi connectivity index (χ4n) is 0.622. The number of carbonyl (C=O) groups is 1. The molecule has 2 nitrogen and oxygen atoms in total. The van der Waals surface area contributed by atoms with Crippen LogP contribution in [-0.2, 0) is 0 Å². The molecule has 0 aliphatic heterocycles. The van der Waals surface area contributed by atoms with E-state index in [0.29, 0.717) is 4.88 Å². The third kappa shape index (κ3) is 2.19. The molecule has 1 rings (SSSR count). The predicted octanol–water partition coefficient (Wildman–Crippen LogP) is 0.904. The maximum Gasteiger partial charge on any atom is 0.160 e. The first kappa shape index (κ1) is 7.99. The van der Waals surface area contributed by atoms with Gasteiger partial charge in [-0.05, 0) is 6.07 Å². The van der Waals surface area contributed by atoms with E-state index in [1.807, 2.05) is 0 Å². The zero-order valence-corrected chi connectivity index (χ0v) is 6.52. The third-order valence-electron chi connectivity index (χ3n) is 1.05. The van der Waals surface area contributed by atoms with Crippen LogP contribution in [0.2, 0.25) is 0 Å². The van der Waals surface area contributed by atoms with E-state index in [2.05, 4.69) is 11.8 Å². The van der Waals surface area contributed by atoms with Crippen molar-refractivity contribution in [3.63, 3.8) is 0 Å². The van der Waals surface area contributed by atoms with E-state index >= 15 is 0 Å². The van der Waals surface area contributed by atoms with Gasteiger partial charge in [-0.15, -0.1) is 11.3 Å². The highest BCUT2D eigenvalue weighted by molar-refractivity contribution is 7.11. The summed E-state index contributed by atoms with van der Waals surface area (Å²) in [6.07, 6.45) is 0.787. The Balaban J connectivity index is 2.80. The van der Waals surface area contributed by atoms with Crippen LogP contribution in [0.1, 0.15) is 15.2 Å². The van der Waals surface area contributed by atoms with E-state index in [0.717, 1.165) is 11.8 Å². The minimum absolute atomic E-state index is 0.147. The summed E-state index contributed by atoms with van der Waals surface area (Å²) in [6.45, 7) is -0.147. The quantitative estimate of drug-likeness (QED) is 0.497. The molecule has 0 saturated carbocycles. The Bertz CT molecular complexity index is 303. The molecule has 0 atom stereocenters. The second-order valence-corrected chi connectivity index (χ2v) is 2.76. The van der Waals surface area contributed by atoms with E-state index in [4.69, 9.17) is 5.11 Å². The van der Waals surface area contributed by atoms with Crippen molar-refractivity contribution >= 4 is 17.6 Å². The minimum Gasteiger partial charge on any atom is -0.384 e. The number of rotatable bonds is 1. The lowest BCUT2D eigenvalue weighted by molar-refractivity contribution is 0.112. The van der Waals surface area contributed by atoms with Crippen molar-refractivity contribution < 1.29 is 9.90 Å². The monoisotopic (exact) mass is 166 g/mol. The Kier molecular flexibility index (Phi) is 2.84. The summed E-state index contributed by atoms with van der Waals surface area (Å²) in [7, 11) is 0. The van der Waals surface area contributed by atoms with Gasteiger partial charge in [0.1, 0.15) is 6.61 Å². The van der Waals surface area contributed by atoms with Crippen LogP contribution in [0.25, 0.3) is 0 Å². The molecule has 1 aromatic rings. The highest BCUT2D eigenvalue weighted by atomic mass is 32.1. The molecule has 0 unspecified atom stereocenters.